The van der Waals surface area contributed by atoms with Gasteiger partial charge in [-0.15, -0.1) is 0 Å². The van der Waals surface area contributed by atoms with Gasteiger partial charge in [0.2, 0.25) is 5.91 Å². The Morgan fingerprint density at radius 1 is 1.54 bits per heavy atom. The molecule has 0 spiro atoms. The molecule has 1 aromatic rings. The van der Waals surface area contributed by atoms with Crippen molar-refractivity contribution in [2.75, 3.05) is 0 Å². The summed E-state index contributed by atoms with van der Waals surface area (Å²) in [6, 6.07) is 5.06. The van der Waals surface area contributed by atoms with Crippen molar-refractivity contribution < 1.29 is 4.79 Å². The van der Waals surface area contributed by atoms with E-state index in [0.717, 1.165) is 11.8 Å². The lowest BCUT2D eigenvalue weighted by Crippen LogP contribution is -2.15. The van der Waals surface area contributed by atoms with Gasteiger partial charge in [0, 0.05) is 23.9 Å². The Morgan fingerprint density at radius 2 is 2.23 bits per heavy atom. The van der Waals surface area contributed by atoms with Crippen molar-refractivity contribution in [1.82, 2.24) is 0 Å². The van der Waals surface area contributed by atoms with Crippen LogP contribution in [0.25, 0.3) is 0 Å². The molecule has 0 aliphatic carbocycles. The van der Waals surface area contributed by atoms with Crippen LogP contribution >= 0.6 is 0 Å². The van der Waals surface area contributed by atoms with Gasteiger partial charge < -0.3 is 16.9 Å². The van der Waals surface area contributed by atoms with Crippen LogP contribution in [0.2, 0.25) is 0 Å². The van der Waals surface area contributed by atoms with Crippen molar-refractivity contribution in [3.63, 3.8) is 0 Å². The fraction of sp³-hybridized carbons (Fsp3) is 0.111. The van der Waals surface area contributed by atoms with Gasteiger partial charge in [-0.2, -0.15) is 0 Å². The third-order valence-electron chi connectivity index (χ3n) is 1.83. The molecule has 13 heavy (non-hydrogen) atoms. The Bertz CT molecular complexity index is 347. The molecule has 0 unspecified atom stereocenters. The average Bonchev–Trinajstić information content (AvgIpc) is 2.16. The topological polar surface area (TPSA) is 93.0 Å². The SMILES string of the molecule is N=Cc1c(CN)cccc1C(N)=O. The van der Waals surface area contributed by atoms with E-state index in [0.29, 0.717) is 17.7 Å². The van der Waals surface area contributed by atoms with Crippen molar-refractivity contribution in [2.24, 2.45) is 11.5 Å². The molecular weight excluding hydrogens is 166 g/mol. The number of benzene rings is 1. The molecule has 0 bridgehead atoms. The Balaban J connectivity index is 3.35. The standard InChI is InChI=1S/C9H11N3O/c10-4-6-2-1-3-7(9(12)13)8(6)5-11/h1-3,5,11H,4,10H2,(H2,12,13). The predicted molar refractivity (Wildman–Crippen MR) is 50.7 cm³/mol. The van der Waals surface area contributed by atoms with E-state index in [9.17, 15) is 4.79 Å². The summed E-state index contributed by atoms with van der Waals surface area (Å²) >= 11 is 0. The summed E-state index contributed by atoms with van der Waals surface area (Å²) in [5.41, 5.74) is 12.2. The molecule has 1 rings (SSSR count). The molecule has 0 fully saturated rings. The van der Waals surface area contributed by atoms with E-state index in [4.69, 9.17) is 16.9 Å². The summed E-state index contributed by atoms with van der Waals surface area (Å²) in [5.74, 6) is -0.534. The largest absolute Gasteiger partial charge is 0.366 e. The van der Waals surface area contributed by atoms with Crippen LogP contribution in [0.3, 0.4) is 0 Å². The summed E-state index contributed by atoms with van der Waals surface area (Å²) < 4.78 is 0. The second-order valence-corrected chi connectivity index (χ2v) is 2.59. The number of hydrogen-bond acceptors (Lipinski definition) is 3. The fourth-order valence-corrected chi connectivity index (χ4v) is 1.18. The van der Waals surface area contributed by atoms with Gasteiger partial charge in [-0.05, 0) is 11.6 Å². The molecule has 0 aliphatic rings. The maximum atomic E-state index is 10.9. The number of nitrogens with two attached hydrogens (primary N) is 2. The fourth-order valence-electron chi connectivity index (χ4n) is 1.18. The summed E-state index contributed by atoms with van der Waals surface area (Å²) in [5, 5.41) is 7.13. The number of hydrogen-bond donors (Lipinski definition) is 3. The van der Waals surface area contributed by atoms with Gasteiger partial charge in [0.05, 0.1) is 0 Å². The second-order valence-electron chi connectivity index (χ2n) is 2.59. The summed E-state index contributed by atoms with van der Waals surface area (Å²) in [7, 11) is 0. The van der Waals surface area contributed by atoms with Gasteiger partial charge in [0.25, 0.3) is 0 Å². The molecule has 4 heteroatoms. The molecule has 68 valence electrons. The summed E-state index contributed by atoms with van der Waals surface area (Å²) in [4.78, 5) is 10.9. The zero-order valence-corrected chi connectivity index (χ0v) is 7.08. The van der Waals surface area contributed by atoms with Crippen LogP contribution in [0.1, 0.15) is 21.5 Å². The Morgan fingerprint density at radius 3 is 2.69 bits per heavy atom. The van der Waals surface area contributed by atoms with Gasteiger partial charge in [-0.3, -0.25) is 4.79 Å². The van der Waals surface area contributed by atoms with Gasteiger partial charge in [0.1, 0.15) is 0 Å². The van der Waals surface area contributed by atoms with Gasteiger partial charge in [-0.1, -0.05) is 12.1 Å². The van der Waals surface area contributed by atoms with E-state index in [-0.39, 0.29) is 0 Å². The molecule has 0 saturated carbocycles. The summed E-state index contributed by atoms with van der Waals surface area (Å²) in [6.07, 6.45) is 1.10. The number of carbonyl (C=O) groups is 1. The Kier molecular flexibility index (Phi) is 2.76. The molecule has 5 N–H and O–H groups in total. The number of carbonyl (C=O) groups excluding carboxylic acids is 1. The van der Waals surface area contributed by atoms with Crippen LogP contribution in [0, 0.1) is 5.41 Å². The summed E-state index contributed by atoms with van der Waals surface area (Å²) in [6.45, 7) is 0.297. The molecule has 0 aliphatic heterocycles. The van der Waals surface area contributed by atoms with Gasteiger partial charge in [-0.25, -0.2) is 0 Å². The van der Waals surface area contributed by atoms with Gasteiger partial charge in [0.15, 0.2) is 0 Å². The second kappa shape index (κ2) is 3.82. The first-order valence-electron chi connectivity index (χ1n) is 3.83. The first kappa shape index (κ1) is 9.41. The van der Waals surface area contributed by atoms with Crippen LogP contribution in [0.4, 0.5) is 0 Å². The lowest BCUT2D eigenvalue weighted by atomic mass is 10.0. The Hall–Kier alpha value is -1.68. The molecule has 0 saturated heterocycles. The zero-order chi connectivity index (χ0) is 9.84. The van der Waals surface area contributed by atoms with Crippen molar-refractivity contribution in [2.45, 2.75) is 6.54 Å². The van der Waals surface area contributed by atoms with Crippen molar-refractivity contribution in [1.29, 1.82) is 5.41 Å². The zero-order valence-electron chi connectivity index (χ0n) is 7.08. The molecule has 4 nitrogen and oxygen atoms in total. The smallest absolute Gasteiger partial charge is 0.249 e. The Labute approximate surface area is 76.1 Å². The number of rotatable bonds is 3. The molecule has 0 atom stereocenters. The van der Waals surface area contributed by atoms with Crippen LogP contribution in [0.5, 0.6) is 0 Å². The molecule has 0 radical (unpaired) electrons. The van der Waals surface area contributed by atoms with E-state index >= 15 is 0 Å². The van der Waals surface area contributed by atoms with E-state index in [1.165, 1.54) is 0 Å². The van der Waals surface area contributed by atoms with Crippen molar-refractivity contribution in [3.05, 3.63) is 34.9 Å². The monoisotopic (exact) mass is 177 g/mol. The highest BCUT2D eigenvalue weighted by molar-refractivity contribution is 6.01. The molecule has 1 aromatic carbocycles. The predicted octanol–water partition coefficient (Wildman–Crippen LogP) is 0.242. The van der Waals surface area contributed by atoms with Crippen molar-refractivity contribution >= 4 is 12.1 Å². The first-order valence-corrected chi connectivity index (χ1v) is 3.83. The van der Waals surface area contributed by atoms with E-state index < -0.39 is 5.91 Å². The number of amides is 1. The molecule has 0 heterocycles. The van der Waals surface area contributed by atoms with E-state index in [2.05, 4.69) is 0 Å². The normalized spacial score (nSPS) is 9.62. The minimum absolute atomic E-state index is 0.297. The molecule has 1 amide bonds. The van der Waals surface area contributed by atoms with Crippen molar-refractivity contribution in [3.8, 4) is 0 Å². The average molecular weight is 177 g/mol. The number of primary amides is 1. The van der Waals surface area contributed by atoms with Crippen LogP contribution in [-0.2, 0) is 6.54 Å². The highest BCUT2D eigenvalue weighted by Gasteiger charge is 2.08. The molecular formula is C9H11N3O. The third-order valence-corrected chi connectivity index (χ3v) is 1.83. The molecule has 0 aromatic heterocycles. The number of nitrogens with one attached hydrogen (secondary N) is 1. The van der Waals surface area contributed by atoms with Gasteiger partial charge >= 0.3 is 0 Å². The lowest BCUT2D eigenvalue weighted by molar-refractivity contribution is 0.1000. The lowest BCUT2D eigenvalue weighted by Gasteiger charge is -2.05. The van der Waals surface area contributed by atoms with E-state index in [1.54, 1.807) is 18.2 Å². The maximum absolute atomic E-state index is 10.9. The minimum Gasteiger partial charge on any atom is -0.366 e. The third kappa shape index (κ3) is 1.73. The van der Waals surface area contributed by atoms with Crippen LogP contribution in [-0.4, -0.2) is 12.1 Å². The highest BCUT2D eigenvalue weighted by Crippen LogP contribution is 2.11. The van der Waals surface area contributed by atoms with Crippen LogP contribution < -0.4 is 11.5 Å². The van der Waals surface area contributed by atoms with Crippen LogP contribution in [0.15, 0.2) is 18.2 Å². The minimum atomic E-state index is -0.534. The quantitative estimate of drug-likeness (QED) is 0.577. The first-order chi connectivity index (χ1) is 6.20. The maximum Gasteiger partial charge on any atom is 0.249 e. The highest BCUT2D eigenvalue weighted by atomic mass is 16.1. The van der Waals surface area contributed by atoms with E-state index in [1.807, 2.05) is 0 Å².